The average molecular weight is 548 g/mol. The fraction of sp³-hybridized carbons (Fsp3) is 0.593. The van der Waals surface area contributed by atoms with Gasteiger partial charge in [-0.25, -0.2) is 4.79 Å². The molecule has 0 saturated heterocycles. The summed E-state index contributed by atoms with van der Waals surface area (Å²) in [4.78, 5) is 55.1. The Kier molecular flexibility index (Phi) is 14.6. The van der Waals surface area contributed by atoms with Crippen LogP contribution in [0.2, 0.25) is 0 Å². The first-order chi connectivity index (χ1) is 18.3. The summed E-state index contributed by atoms with van der Waals surface area (Å²) in [6.45, 7) is 7.70. The summed E-state index contributed by atoms with van der Waals surface area (Å²) in [6.07, 6.45) is 1.78. The van der Waals surface area contributed by atoms with Crippen molar-refractivity contribution in [3.8, 4) is 0 Å². The second kappa shape index (κ2) is 17.0. The van der Waals surface area contributed by atoms with E-state index in [9.17, 15) is 24.3 Å². The van der Waals surface area contributed by atoms with Crippen LogP contribution in [0.5, 0.6) is 0 Å². The minimum Gasteiger partial charge on any atom is -0.480 e. The first-order valence-electron chi connectivity index (χ1n) is 13.3. The molecule has 218 valence electrons. The smallest absolute Gasteiger partial charge is 0.326 e. The first kappa shape index (κ1) is 33.4. The topological polar surface area (TPSA) is 215 Å². The maximum absolute atomic E-state index is 13.4. The number of rotatable bonds is 17. The maximum Gasteiger partial charge on any atom is 0.326 e. The molecule has 0 radical (unpaired) electrons. The molecule has 10 N–H and O–H groups in total. The van der Waals surface area contributed by atoms with E-state index in [0.717, 1.165) is 5.56 Å². The SMILES string of the molecule is CCC(C)C(NC(=O)C(Cc1ccccc1)NC(=O)C(CC(C)C)NC(=O)C(N)CCCN=C(N)N)C(=O)O. The third-order valence-corrected chi connectivity index (χ3v) is 6.34. The summed E-state index contributed by atoms with van der Waals surface area (Å²) >= 11 is 0. The van der Waals surface area contributed by atoms with Crippen molar-refractivity contribution < 1.29 is 24.3 Å². The van der Waals surface area contributed by atoms with Gasteiger partial charge in [-0.1, -0.05) is 64.4 Å². The molecule has 0 fully saturated rings. The van der Waals surface area contributed by atoms with E-state index >= 15 is 0 Å². The van der Waals surface area contributed by atoms with Gasteiger partial charge in [0.05, 0.1) is 6.04 Å². The van der Waals surface area contributed by atoms with E-state index in [1.165, 1.54) is 0 Å². The van der Waals surface area contributed by atoms with Gasteiger partial charge < -0.3 is 38.3 Å². The number of aliphatic imine (C=N–C) groups is 1. The van der Waals surface area contributed by atoms with E-state index in [1.807, 2.05) is 51.1 Å². The van der Waals surface area contributed by atoms with Crippen LogP contribution >= 0.6 is 0 Å². The number of carbonyl (C=O) groups is 4. The van der Waals surface area contributed by atoms with E-state index in [1.54, 1.807) is 6.92 Å². The van der Waals surface area contributed by atoms with Gasteiger partial charge in [-0.05, 0) is 36.7 Å². The van der Waals surface area contributed by atoms with Crippen LogP contribution in [0.3, 0.4) is 0 Å². The van der Waals surface area contributed by atoms with Gasteiger partial charge in [0.1, 0.15) is 18.1 Å². The summed E-state index contributed by atoms with van der Waals surface area (Å²) in [7, 11) is 0. The van der Waals surface area contributed by atoms with Crippen LogP contribution in [0, 0.1) is 11.8 Å². The molecule has 5 atom stereocenters. The molecule has 0 aliphatic heterocycles. The molecule has 0 heterocycles. The van der Waals surface area contributed by atoms with Gasteiger partial charge in [-0.3, -0.25) is 19.4 Å². The number of carboxylic acid groups (broad SMARTS) is 1. The monoisotopic (exact) mass is 547 g/mol. The predicted octanol–water partition coefficient (Wildman–Crippen LogP) is 0.241. The van der Waals surface area contributed by atoms with E-state index in [0.29, 0.717) is 32.2 Å². The van der Waals surface area contributed by atoms with Gasteiger partial charge in [-0.15, -0.1) is 0 Å². The molecule has 3 amide bonds. The number of benzene rings is 1. The molecule has 5 unspecified atom stereocenters. The zero-order chi connectivity index (χ0) is 29.5. The third kappa shape index (κ3) is 12.6. The van der Waals surface area contributed by atoms with Crippen LogP contribution in [0.15, 0.2) is 35.3 Å². The zero-order valence-electron chi connectivity index (χ0n) is 23.4. The van der Waals surface area contributed by atoms with Crippen LogP contribution in [-0.2, 0) is 25.6 Å². The van der Waals surface area contributed by atoms with Gasteiger partial charge in [0.25, 0.3) is 0 Å². The Morgan fingerprint density at radius 2 is 1.51 bits per heavy atom. The number of hydrogen-bond acceptors (Lipinski definition) is 6. The first-order valence-corrected chi connectivity index (χ1v) is 13.3. The fourth-order valence-electron chi connectivity index (χ4n) is 3.90. The highest BCUT2D eigenvalue weighted by Crippen LogP contribution is 2.11. The van der Waals surface area contributed by atoms with E-state index in [4.69, 9.17) is 17.2 Å². The molecule has 1 aromatic carbocycles. The average Bonchev–Trinajstić information content (AvgIpc) is 2.88. The lowest BCUT2D eigenvalue weighted by Crippen LogP contribution is -2.58. The lowest BCUT2D eigenvalue weighted by atomic mass is 9.97. The van der Waals surface area contributed by atoms with Crippen molar-refractivity contribution in [1.82, 2.24) is 16.0 Å². The minimum atomic E-state index is -1.15. The number of hydrogen-bond donors (Lipinski definition) is 7. The largest absolute Gasteiger partial charge is 0.480 e. The Labute approximate surface area is 230 Å². The van der Waals surface area contributed by atoms with Crippen molar-refractivity contribution >= 4 is 29.7 Å². The van der Waals surface area contributed by atoms with Crippen molar-refractivity contribution in [3.63, 3.8) is 0 Å². The summed E-state index contributed by atoms with van der Waals surface area (Å²) in [5.74, 6) is -3.16. The molecular formula is C27H45N7O5. The highest BCUT2D eigenvalue weighted by Gasteiger charge is 2.32. The van der Waals surface area contributed by atoms with Crippen LogP contribution in [0.1, 0.15) is 58.9 Å². The molecule has 39 heavy (non-hydrogen) atoms. The van der Waals surface area contributed by atoms with E-state index in [-0.39, 0.29) is 24.2 Å². The highest BCUT2D eigenvalue weighted by molar-refractivity contribution is 5.94. The Balaban J connectivity index is 3.06. The molecular weight excluding hydrogens is 502 g/mol. The second-order valence-electron chi connectivity index (χ2n) is 10.2. The normalized spacial score (nSPS) is 14.8. The van der Waals surface area contributed by atoms with Crippen LogP contribution in [0.25, 0.3) is 0 Å². The molecule has 0 bridgehead atoms. The Hall–Kier alpha value is -3.67. The van der Waals surface area contributed by atoms with Crippen molar-refractivity contribution in [3.05, 3.63) is 35.9 Å². The van der Waals surface area contributed by atoms with Gasteiger partial charge >= 0.3 is 5.97 Å². The zero-order valence-corrected chi connectivity index (χ0v) is 23.4. The molecule has 0 aliphatic rings. The third-order valence-electron chi connectivity index (χ3n) is 6.34. The van der Waals surface area contributed by atoms with Gasteiger partial charge in [0.15, 0.2) is 5.96 Å². The molecule has 12 nitrogen and oxygen atoms in total. The fourth-order valence-corrected chi connectivity index (χ4v) is 3.90. The second-order valence-corrected chi connectivity index (χ2v) is 10.2. The molecule has 0 spiro atoms. The number of carbonyl (C=O) groups excluding carboxylic acids is 3. The number of nitrogens with two attached hydrogens (primary N) is 3. The van der Waals surface area contributed by atoms with Crippen LogP contribution < -0.4 is 33.2 Å². The summed E-state index contributed by atoms with van der Waals surface area (Å²) < 4.78 is 0. The quantitative estimate of drug-likeness (QED) is 0.0812. The number of aliphatic carboxylic acids is 1. The maximum atomic E-state index is 13.4. The lowest BCUT2D eigenvalue weighted by Gasteiger charge is -2.27. The molecule has 1 aromatic rings. The van der Waals surface area contributed by atoms with Crippen molar-refractivity contribution in [2.24, 2.45) is 34.0 Å². The van der Waals surface area contributed by atoms with Gasteiger partial charge in [0, 0.05) is 13.0 Å². The van der Waals surface area contributed by atoms with Crippen molar-refractivity contribution in [1.29, 1.82) is 0 Å². The number of guanidine groups is 1. The molecule has 1 rings (SSSR count). The summed E-state index contributed by atoms with van der Waals surface area (Å²) in [5.41, 5.74) is 17.4. The van der Waals surface area contributed by atoms with Gasteiger partial charge in [-0.2, -0.15) is 0 Å². The summed E-state index contributed by atoms with van der Waals surface area (Å²) in [6, 6.07) is 5.06. The van der Waals surface area contributed by atoms with Crippen LogP contribution in [-0.4, -0.2) is 65.5 Å². The van der Waals surface area contributed by atoms with Crippen molar-refractivity contribution in [2.45, 2.75) is 84.0 Å². The highest BCUT2D eigenvalue weighted by atomic mass is 16.4. The van der Waals surface area contributed by atoms with Crippen molar-refractivity contribution in [2.75, 3.05) is 6.54 Å². The Morgan fingerprint density at radius 1 is 0.923 bits per heavy atom. The Bertz CT molecular complexity index is 967. The molecule has 0 saturated carbocycles. The summed E-state index contributed by atoms with van der Waals surface area (Å²) in [5, 5.41) is 17.7. The lowest BCUT2D eigenvalue weighted by molar-refractivity contribution is -0.143. The number of amides is 3. The van der Waals surface area contributed by atoms with E-state index in [2.05, 4.69) is 20.9 Å². The van der Waals surface area contributed by atoms with Crippen LogP contribution in [0.4, 0.5) is 0 Å². The number of nitrogens with one attached hydrogen (secondary N) is 3. The Morgan fingerprint density at radius 3 is 2.05 bits per heavy atom. The molecule has 12 heteroatoms. The predicted molar refractivity (Wildman–Crippen MR) is 150 cm³/mol. The van der Waals surface area contributed by atoms with E-state index < -0.39 is 47.9 Å². The van der Waals surface area contributed by atoms with Gasteiger partial charge in [0.2, 0.25) is 17.7 Å². The number of carboxylic acids is 1. The molecule has 0 aliphatic carbocycles. The number of nitrogens with zero attached hydrogens (tertiary/aromatic N) is 1. The molecule has 0 aromatic heterocycles. The standard InChI is InChI=1S/C27H45N7O5/c1-5-17(4)22(26(38)39)34-25(37)21(15-18-10-7-6-8-11-18)33-24(36)20(14-16(2)3)32-23(35)19(28)12-9-13-31-27(29)30/h6-8,10-11,16-17,19-22H,5,9,12-15,28H2,1-4H3,(H,32,35)(H,33,36)(H,34,37)(H,38,39)(H4,29,30,31). The minimum absolute atomic E-state index is 0.0438.